The average molecular weight is 628 g/mol. The topological polar surface area (TPSA) is 106 Å². The summed E-state index contributed by atoms with van der Waals surface area (Å²) in [5.41, 5.74) is 0.494. The number of nitrogens with zero attached hydrogens (tertiary/aromatic N) is 2. The summed E-state index contributed by atoms with van der Waals surface area (Å²) in [6.45, 7) is 1.97. The summed E-state index contributed by atoms with van der Waals surface area (Å²) in [6, 6.07) is 12.7. The van der Waals surface area contributed by atoms with Gasteiger partial charge in [-0.25, -0.2) is 13.2 Å². The lowest BCUT2D eigenvalue weighted by molar-refractivity contribution is -0.153. The summed E-state index contributed by atoms with van der Waals surface area (Å²) in [6.07, 6.45) is -8.79. The van der Waals surface area contributed by atoms with Gasteiger partial charge in [0.15, 0.2) is 12.4 Å². The largest absolute Gasteiger partial charge is 0.483 e. The number of alkyl halides is 6. The van der Waals surface area contributed by atoms with Crippen LogP contribution in [-0.2, 0) is 22.6 Å². The van der Waals surface area contributed by atoms with Gasteiger partial charge in [-0.15, -0.1) is 0 Å². The van der Waals surface area contributed by atoms with E-state index >= 15 is 0 Å². The first-order valence-electron chi connectivity index (χ1n) is 12.7. The lowest BCUT2D eigenvalue weighted by atomic mass is 9.81. The normalized spacial score (nSPS) is 15.3. The number of nitrogens with one attached hydrogen (secondary N) is 1. The van der Waals surface area contributed by atoms with E-state index in [4.69, 9.17) is 4.74 Å². The van der Waals surface area contributed by atoms with E-state index < -0.39 is 51.5 Å². The van der Waals surface area contributed by atoms with Crippen molar-refractivity contribution in [3.63, 3.8) is 0 Å². The van der Waals surface area contributed by atoms with Crippen LogP contribution in [0.3, 0.4) is 0 Å². The Labute approximate surface area is 240 Å². The molecule has 1 aromatic heterocycles. The van der Waals surface area contributed by atoms with Crippen molar-refractivity contribution in [2.45, 2.75) is 37.5 Å². The maximum atomic E-state index is 14.0. The molecule has 3 aromatic carbocycles. The van der Waals surface area contributed by atoms with Gasteiger partial charge in [0.1, 0.15) is 5.75 Å². The number of H-pyrrole nitrogens is 1. The number of benzene rings is 3. The molecule has 0 aliphatic carbocycles. The molecule has 1 aliphatic heterocycles. The summed E-state index contributed by atoms with van der Waals surface area (Å²) in [7, 11) is -4.38. The summed E-state index contributed by atoms with van der Waals surface area (Å²) >= 11 is 0. The molecule has 1 N–H and O–H groups in total. The fourth-order valence-corrected chi connectivity index (χ4v) is 6.58. The Bertz CT molecular complexity index is 1830. The van der Waals surface area contributed by atoms with E-state index in [1.54, 1.807) is 18.2 Å². The third-order valence-corrected chi connectivity index (χ3v) is 8.52. The van der Waals surface area contributed by atoms with Crippen LogP contribution in [-0.4, -0.2) is 37.9 Å². The smallest absolute Gasteiger partial charge is 0.439 e. The summed E-state index contributed by atoms with van der Waals surface area (Å²) in [5.74, 6) is -1.74. The van der Waals surface area contributed by atoms with E-state index in [1.807, 2.05) is 13.8 Å². The van der Waals surface area contributed by atoms with E-state index in [0.717, 1.165) is 34.6 Å². The number of hydrogen-bond donors (Lipinski definition) is 1. The highest BCUT2D eigenvalue weighted by atomic mass is 32.2. The quantitative estimate of drug-likeness (QED) is 0.247. The molecule has 0 fully saturated rings. The highest BCUT2D eigenvalue weighted by Crippen LogP contribution is 2.42. The van der Waals surface area contributed by atoms with Gasteiger partial charge in [0.05, 0.1) is 21.7 Å². The second-order valence-corrected chi connectivity index (χ2v) is 12.6. The predicted octanol–water partition coefficient (Wildman–Crippen LogP) is 6.43. The summed E-state index contributed by atoms with van der Waals surface area (Å²) in [5, 5.41) is 3.45. The van der Waals surface area contributed by atoms with Gasteiger partial charge >= 0.3 is 18.1 Å². The van der Waals surface area contributed by atoms with Gasteiger partial charge < -0.3 is 4.74 Å². The average Bonchev–Trinajstić information content (AvgIpc) is 3.35. The maximum Gasteiger partial charge on any atom is 0.439 e. The lowest BCUT2D eigenvalue weighted by Gasteiger charge is -2.40. The number of anilines is 1. The zero-order valence-electron chi connectivity index (χ0n) is 22.5. The van der Waals surface area contributed by atoms with Crippen molar-refractivity contribution in [1.82, 2.24) is 10.1 Å². The zero-order valence-corrected chi connectivity index (χ0v) is 23.3. The third kappa shape index (κ3) is 6.40. The predicted molar refractivity (Wildman–Crippen MR) is 143 cm³/mol. The van der Waals surface area contributed by atoms with E-state index in [2.05, 4.69) is 14.7 Å². The van der Waals surface area contributed by atoms with Crippen molar-refractivity contribution < 1.29 is 44.0 Å². The monoisotopic (exact) mass is 627 g/mol. The van der Waals surface area contributed by atoms with Crippen LogP contribution in [0.1, 0.15) is 25.0 Å². The molecular weight excluding hydrogens is 604 g/mol. The number of rotatable bonds is 6. The van der Waals surface area contributed by atoms with Gasteiger partial charge in [-0.05, 0) is 64.9 Å². The molecule has 8 nitrogen and oxygen atoms in total. The minimum absolute atomic E-state index is 0.0268. The number of sulfonamides is 1. The molecule has 43 heavy (non-hydrogen) atoms. The first-order chi connectivity index (χ1) is 19.9. The maximum absolute atomic E-state index is 14.0. The zero-order chi connectivity index (χ0) is 31.4. The molecule has 2 heterocycles. The van der Waals surface area contributed by atoms with Crippen molar-refractivity contribution in [2.75, 3.05) is 17.5 Å². The second-order valence-electron chi connectivity index (χ2n) is 10.8. The molecule has 4 aromatic rings. The van der Waals surface area contributed by atoms with Crippen LogP contribution in [0.5, 0.6) is 5.75 Å². The molecule has 1 aliphatic rings. The van der Waals surface area contributed by atoms with E-state index in [0.29, 0.717) is 28.8 Å². The number of aromatic nitrogens is 2. The minimum Gasteiger partial charge on any atom is -0.483 e. The van der Waals surface area contributed by atoms with Crippen LogP contribution in [0.2, 0.25) is 0 Å². The summed E-state index contributed by atoms with van der Waals surface area (Å²) in [4.78, 5) is 13.2. The first kappa shape index (κ1) is 30.2. The number of halogens is 6. The molecule has 0 amide bonds. The number of ether oxygens (including phenoxy) is 1. The van der Waals surface area contributed by atoms with Crippen molar-refractivity contribution in [2.24, 2.45) is 5.41 Å². The third-order valence-electron chi connectivity index (χ3n) is 6.76. The van der Waals surface area contributed by atoms with E-state index in [1.165, 1.54) is 12.1 Å². The first-order valence-corrected chi connectivity index (χ1v) is 14.1. The Morgan fingerprint density at radius 1 is 0.977 bits per heavy atom. The number of hydrogen-bond acceptors (Lipinski definition) is 6. The number of fused-ring (bicyclic) bond motifs is 1. The lowest BCUT2D eigenvalue weighted by Crippen LogP contribution is -2.44. The molecule has 0 spiro atoms. The Morgan fingerprint density at radius 2 is 1.65 bits per heavy atom. The summed E-state index contributed by atoms with van der Waals surface area (Å²) < 4.78 is 116. The van der Waals surface area contributed by atoms with E-state index in [-0.39, 0.29) is 22.8 Å². The highest BCUT2D eigenvalue weighted by Gasteiger charge is 2.38. The molecule has 0 atom stereocenters. The minimum atomic E-state index is -4.75. The van der Waals surface area contributed by atoms with Crippen LogP contribution in [0.25, 0.3) is 22.5 Å². The highest BCUT2D eigenvalue weighted by molar-refractivity contribution is 7.92. The molecule has 228 valence electrons. The standard InChI is InChI=1S/C28H23F6N3O5S/c1-26(2)13-18-11-17(16-3-6-19(7-4-16)28(32,33)34)5-10-22(18)37(14-26)43(39,40)20-8-9-21(24-35-25(38)42-36-24)23(12-20)41-15-27(29,30)31/h3-12H,13-15H2,1-2H3,(H,35,36,38). The van der Waals surface area contributed by atoms with Gasteiger partial charge in [0.25, 0.3) is 10.0 Å². The van der Waals surface area contributed by atoms with Gasteiger partial charge in [0.2, 0.25) is 0 Å². The molecular formula is C28H23F6N3O5S. The van der Waals surface area contributed by atoms with Gasteiger partial charge in [0, 0.05) is 12.6 Å². The van der Waals surface area contributed by atoms with Crippen LogP contribution in [0.15, 0.2) is 74.9 Å². The van der Waals surface area contributed by atoms with Crippen molar-refractivity contribution in [3.05, 3.63) is 82.3 Å². The van der Waals surface area contributed by atoms with Gasteiger partial charge in [-0.3, -0.25) is 13.8 Å². The van der Waals surface area contributed by atoms with Crippen LogP contribution >= 0.6 is 0 Å². The molecule has 0 saturated carbocycles. The SMILES string of the molecule is CC1(C)Cc2cc(-c3ccc(C(F)(F)F)cc3)ccc2N(S(=O)(=O)c2ccc(-c3noc(=O)[nH]3)c(OCC(F)(F)F)c2)C1. The van der Waals surface area contributed by atoms with Crippen molar-refractivity contribution in [1.29, 1.82) is 0 Å². The Balaban J connectivity index is 1.55. The number of aromatic amines is 1. The van der Waals surface area contributed by atoms with Crippen molar-refractivity contribution >= 4 is 15.7 Å². The molecule has 0 unspecified atom stereocenters. The Kier molecular flexibility index (Phi) is 7.35. The van der Waals surface area contributed by atoms with Gasteiger partial charge in [-0.1, -0.05) is 37.2 Å². The van der Waals surface area contributed by atoms with Crippen LogP contribution in [0, 0.1) is 5.41 Å². The fraction of sp³-hybridized carbons (Fsp3) is 0.286. The molecule has 0 bridgehead atoms. The van der Waals surface area contributed by atoms with Crippen LogP contribution in [0.4, 0.5) is 32.0 Å². The van der Waals surface area contributed by atoms with Gasteiger partial charge in [-0.2, -0.15) is 26.3 Å². The van der Waals surface area contributed by atoms with Crippen LogP contribution < -0.4 is 14.8 Å². The Hall–Kier alpha value is -4.27. The molecule has 15 heteroatoms. The molecule has 5 rings (SSSR count). The second kappa shape index (κ2) is 10.5. The molecule has 0 radical (unpaired) electrons. The van der Waals surface area contributed by atoms with E-state index in [9.17, 15) is 39.6 Å². The van der Waals surface area contributed by atoms with Crippen molar-refractivity contribution in [3.8, 4) is 28.3 Å². The Morgan fingerprint density at radius 3 is 2.26 bits per heavy atom. The molecule has 0 saturated heterocycles. The fourth-order valence-electron chi connectivity index (χ4n) is 4.87.